The van der Waals surface area contributed by atoms with Gasteiger partial charge >= 0.3 is 12.2 Å². The van der Waals surface area contributed by atoms with Crippen molar-refractivity contribution in [3.8, 4) is 0 Å². The topological polar surface area (TPSA) is 108 Å². The molecule has 22 heavy (non-hydrogen) atoms. The molecule has 0 atom stereocenters. The standard InChI is InChI=1S/C15H20N2O5/c1-3-22-9-5-4-6-11-12(16-14(18)19)8-7-10(2)13(11)17-15(20)21/h3,7-8,16-17H,1,4-6,9H2,2H3,(H,18,19)(H,20,21). The fourth-order valence-corrected chi connectivity index (χ4v) is 2.11. The average molecular weight is 308 g/mol. The number of anilines is 2. The Kier molecular flexibility index (Phi) is 6.75. The van der Waals surface area contributed by atoms with Crippen LogP contribution in [0.5, 0.6) is 0 Å². The lowest BCUT2D eigenvalue weighted by atomic mass is 10.00. The van der Waals surface area contributed by atoms with E-state index in [-0.39, 0.29) is 0 Å². The minimum atomic E-state index is -1.19. The predicted octanol–water partition coefficient (Wildman–Crippen LogP) is 3.66. The molecule has 4 N–H and O–H groups in total. The van der Waals surface area contributed by atoms with Crippen LogP contribution in [-0.4, -0.2) is 29.0 Å². The van der Waals surface area contributed by atoms with Gasteiger partial charge < -0.3 is 14.9 Å². The van der Waals surface area contributed by atoms with Crippen molar-refractivity contribution in [3.63, 3.8) is 0 Å². The Morgan fingerprint density at radius 2 is 1.91 bits per heavy atom. The smallest absolute Gasteiger partial charge is 0.409 e. The van der Waals surface area contributed by atoms with E-state index in [1.54, 1.807) is 19.1 Å². The van der Waals surface area contributed by atoms with E-state index in [0.29, 0.717) is 30.0 Å². The van der Waals surface area contributed by atoms with Crippen molar-refractivity contribution in [1.29, 1.82) is 0 Å². The second kappa shape index (κ2) is 8.56. The summed E-state index contributed by atoms with van der Waals surface area (Å²) in [6, 6.07) is 3.30. The zero-order valence-electron chi connectivity index (χ0n) is 12.4. The molecule has 0 spiro atoms. The van der Waals surface area contributed by atoms with E-state index < -0.39 is 12.2 Å². The highest BCUT2D eigenvalue weighted by molar-refractivity contribution is 5.91. The molecule has 1 rings (SSSR count). The summed E-state index contributed by atoms with van der Waals surface area (Å²) in [6.07, 6.45) is 0.974. The number of rotatable bonds is 8. The van der Waals surface area contributed by atoms with Gasteiger partial charge in [0.2, 0.25) is 0 Å². The van der Waals surface area contributed by atoms with Gasteiger partial charge in [-0.1, -0.05) is 12.6 Å². The van der Waals surface area contributed by atoms with Gasteiger partial charge in [-0.25, -0.2) is 9.59 Å². The van der Waals surface area contributed by atoms with Gasteiger partial charge in [0.05, 0.1) is 18.6 Å². The largest absolute Gasteiger partial charge is 0.502 e. The molecular formula is C15H20N2O5. The minimum absolute atomic E-state index is 0.381. The van der Waals surface area contributed by atoms with Gasteiger partial charge in [-0.05, 0) is 43.4 Å². The molecule has 7 nitrogen and oxygen atoms in total. The van der Waals surface area contributed by atoms with E-state index in [9.17, 15) is 9.59 Å². The predicted molar refractivity (Wildman–Crippen MR) is 83.6 cm³/mol. The van der Waals surface area contributed by atoms with E-state index in [2.05, 4.69) is 17.2 Å². The molecule has 0 aliphatic heterocycles. The molecule has 0 aromatic heterocycles. The number of carbonyl (C=O) groups is 2. The summed E-state index contributed by atoms with van der Waals surface area (Å²) in [5.41, 5.74) is 2.16. The van der Waals surface area contributed by atoms with Crippen LogP contribution in [0.25, 0.3) is 0 Å². The van der Waals surface area contributed by atoms with Crippen molar-refractivity contribution in [2.24, 2.45) is 0 Å². The highest BCUT2D eigenvalue weighted by Crippen LogP contribution is 2.30. The lowest BCUT2D eigenvalue weighted by Crippen LogP contribution is -2.15. The van der Waals surface area contributed by atoms with Gasteiger partial charge in [-0.2, -0.15) is 0 Å². The van der Waals surface area contributed by atoms with Crippen LogP contribution in [0.15, 0.2) is 25.0 Å². The van der Waals surface area contributed by atoms with Crippen molar-refractivity contribution in [2.75, 3.05) is 17.2 Å². The molecule has 120 valence electrons. The monoisotopic (exact) mass is 308 g/mol. The van der Waals surface area contributed by atoms with Gasteiger partial charge in [0.25, 0.3) is 0 Å². The minimum Gasteiger partial charge on any atom is -0.502 e. The molecule has 0 radical (unpaired) electrons. The van der Waals surface area contributed by atoms with E-state index in [1.807, 2.05) is 0 Å². The van der Waals surface area contributed by atoms with Crippen molar-refractivity contribution < 1.29 is 24.5 Å². The highest BCUT2D eigenvalue weighted by atomic mass is 16.5. The van der Waals surface area contributed by atoms with Gasteiger partial charge in [-0.3, -0.25) is 10.6 Å². The Morgan fingerprint density at radius 3 is 2.50 bits per heavy atom. The number of hydrogen-bond acceptors (Lipinski definition) is 3. The van der Waals surface area contributed by atoms with E-state index in [1.165, 1.54) is 6.26 Å². The molecule has 2 amide bonds. The van der Waals surface area contributed by atoms with Crippen LogP contribution in [-0.2, 0) is 11.2 Å². The van der Waals surface area contributed by atoms with Crippen molar-refractivity contribution in [1.82, 2.24) is 0 Å². The second-order valence-corrected chi connectivity index (χ2v) is 4.64. The van der Waals surface area contributed by atoms with Crippen LogP contribution in [0.2, 0.25) is 0 Å². The maximum Gasteiger partial charge on any atom is 0.409 e. The van der Waals surface area contributed by atoms with Crippen LogP contribution >= 0.6 is 0 Å². The SMILES string of the molecule is C=COCCCCc1c(NC(=O)O)ccc(C)c1NC(=O)O. The lowest BCUT2D eigenvalue weighted by Gasteiger charge is -2.17. The number of aryl methyl sites for hydroxylation is 1. The summed E-state index contributed by atoms with van der Waals surface area (Å²) in [6.45, 7) is 5.73. The quantitative estimate of drug-likeness (QED) is 0.433. The van der Waals surface area contributed by atoms with Crippen LogP contribution in [0.3, 0.4) is 0 Å². The molecule has 0 heterocycles. The number of carboxylic acid groups (broad SMARTS) is 2. The number of amides is 2. The van der Waals surface area contributed by atoms with E-state index >= 15 is 0 Å². The Labute approximate surface area is 128 Å². The number of unbranched alkanes of at least 4 members (excludes halogenated alkanes) is 1. The van der Waals surface area contributed by atoms with E-state index in [4.69, 9.17) is 14.9 Å². The molecule has 0 saturated heterocycles. The maximum atomic E-state index is 10.9. The molecule has 0 saturated carbocycles. The second-order valence-electron chi connectivity index (χ2n) is 4.64. The first-order chi connectivity index (χ1) is 10.5. The summed E-state index contributed by atoms with van der Waals surface area (Å²) < 4.78 is 5.03. The van der Waals surface area contributed by atoms with Crippen LogP contribution in [0, 0.1) is 6.92 Å². The Balaban J connectivity index is 2.99. The Hall–Kier alpha value is -2.70. The molecule has 0 fully saturated rings. The average Bonchev–Trinajstić information content (AvgIpc) is 2.43. The molecule has 1 aromatic rings. The van der Waals surface area contributed by atoms with Crippen LogP contribution < -0.4 is 10.6 Å². The summed E-state index contributed by atoms with van der Waals surface area (Å²) in [7, 11) is 0. The summed E-state index contributed by atoms with van der Waals surface area (Å²) >= 11 is 0. The zero-order valence-corrected chi connectivity index (χ0v) is 12.4. The third-order valence-electron chi connectivity index (χ3n) is 3.05. The van der Waals surface area contributed by atoms with Crippen LogP contribution in [0.4, 0.5) is 21.0 Å². The van der Waals surface area contributed by atoms with Crippen molar-refractivity contribution in [3.05, 3.63) is 36.1 Å². The molecule has 7 heteroatoms. The molecular weight excluding hydrogens is 288 g/mol. The maximum absolute atomic E-state index is 10.9. The first-order valence-electron chi connectivity index (χ1n) is 6.80. The van der Waals surface area contributed by atoms with Gasteiger partial charge in [0.15, 0.2) is 0 Å². The number of ether oxygens (including phenoxy) is 1. The summed E-state index contributed by atoms with van der Waals surface area (Å²) in [5.74, 6) is 0. The van der Waals surface area contributed by atoms with Crippen molar-refractivity contribution in [2.45, 2.75) is 26.2 Å². The summed E-state index contributed by atoms with van der Waals surface area (Å²) in [5, 5.41) is 22.5. The Bertz CT molecular complexity index is 557. The first-order valence-corrected chi connectivity index (χ1v) is 6.80. The third-order valence-corrected chi connectivity index (χ3v) is 3.05. The van der Waals surface area contributed by atoms with Gasteiger partial charge in [0, 0.05) is 5.69 Å². The number of hydrogen-bond donors (Lipinski definition) is 4. The normalized spacial score (nSPS) is 9.86. The molecule has 0 bridgehead atoms. The summed E-state index contributed by atoms with van der Waals surface area (Å²) in [4.78, 5) is 21.8. The van der Waals surface area contributed by atoms with Gasteiger partial charge in [-0.15, -0.1) is 0 Å². The Morgan fingerprint density at radius 1 is 1.23 bits per heavy atom. The molecule has 1 aromatic carbocycles. The number of benzene rings is 1. The molecule has 0 unspecified atom stereocenters. The third kappa shape index (κ3) is 5.35. The zero-order chi connectivity index (χ0) is 16.5. The molecule has 0 aliphatic rings. The lowest BCUT2D eigenvalue weighted by molar-refractivity contribution is 0.208. The molecule has 0 aliphatic carbocycles. The fourth-order valence-electron chi connectivity index (χ4n) is 2.11. The van der Waals surface area contributed by atoms with E-state index in [0.717, 1.165) is 18.4 Å². The number of nitrogens with one attached hydrogen (secondary N) is 2. The highest BCUT2D eigenvalue weighted by Gasteiger charge is 2.14. The fraction of sp³-hybridized carbons (Fsp3) is 0.333. The first kappa shape index (κ1) is 17.4. The van der Waals surface area contributed by atoms with Crippen LogP contribution in [0.1, 0.15) is 24.0 Å². The van der Waals surface area contributed by atoms with Crippen molar-refractivity contribution >= 4 is 23.6 Å². The van der Waals surface area contributed by atoms with Gasteiger partial charge in [0.1, 0.15) is 0 Å².